The molecule has 1 aliphatic heterocycles. The van der Waals surface area contributed by atoms with Crippen molar-refractivity contribution >= 4 is 11.9 Å². The van der Waals surface area contributed by atoms with Gasteiger partial charge >= 0.3 is 5.97 Å². The number of nitrogens with zero attached hydrogens (tertiary/aromatic N) is 3. The summed E-state index contributed by atoms with van der Waals surface area (Å²) >= 11 is 0. The Kier molecular flexibility index (Phi) is 5.40. The average molecular weight is 355 g/mol. The molecule has 0 radical (unpaired) electrons. The summed E-state index contributed by atoms with van der Waals surface area (Å²) in [6.07, 6.45) is 4.78. The SMILES string of the molecule is CCCn1cc(C(=O)N2CCC[C@@H](c3ccc(C(=O)O)cc3)C2)c(C)n1. The van der Waals surface area contributed by atoms with Crippen molar-refractivity contribution in [2.45, 2.75) is 45.6 Å². The quantitative estimate of drug-likeness (QED) is 0.893. The van der Waals surface area contributed by atoms with Gasteiger partial charge in [0.05, 0.1) is 16.8 Å². The normalized spacial score (nSPS) is 17.3. The van der Waals surface area contributed by atoms with Crippen molar-refractivity contribution in [2.75, 3.05) is 13.1 Å². The molecule has 1 fully saturated rings. The van der Waals surface area contributed by atoms with Gasteiger partial charge in [-0.1, -0.05) is 19.1 Å². The van der Waals surface area contributed by atoms with Crippen molar-refractivity contribution < 1.29 is 14.7 Å². The zero-order chi connectivity index (χ0) is 18.7. The minimum atomic E-state index is -0.920. The third kappa shape index (κ3) is 3.79. The van der Waals surface area contributed by atoms with E-state index in [4.69, 9.17) is 5.11 Å². The molecule has 0 saturated carbocycles. The number of aromatic nitrogens is 2. The van der Waals surface area contributed by atoms with E-state index in [1.54, 1.807) is 12.1 Å². The van der Waals surface area contributed by atoms with E-state index in [0.717, 1.165) is 43.6 Å². The van der Waals surface area contributed by atoms with Crippen molar-refractivity contribution in [3.63, 3.8) is 0 Å². The van der Waals surface area contributed by atoms with Gasteiger partial charge in [0, 0.05) is 31.7 Å². The smallest absolute Gasteiger partial charge is 0.335 e. The minimum absolute atomic E-state index is 0.0386. The molecule has 0 bridgehead atoms. The van der Waals surface area contributed by atoms with Crippen LogP contribution >= 0.6 is 0 Å². The Bertz CT molecular complexity index is 795. The van der Waals surface area contributed by atoms with Gasteiger partial charge in [-0.25, -0.2) is 4.79 Å². The number of carbonyl (C=O) groups excluding carboxylic acids is 1. The first-order valence-corrected chi connectivity index (χ1v) is 9.16. The van der Waals surface area contributed by atoms with Crippen LogP contribution < -0.4 is 0 Å². The number of aryl methyl sites for hydroxylation is 2. The largest absolute Gasteiger partial charge is 0.478 e. The lowest BCUT2D eigenvalue weighted by molar-refractivity contribution is 0.0693. The van der Waals surface area contributed by atoms with Crippen LogP contribution in [-0.2, 0) is 6.54 Å². The van der Waals surface area contributed by atoms with E-state index in [1.165, 1.54) is 0 Å². The van der Waals surface area contributed by atoms with Gasteiger partial charge in [-0.2, -0.15) is 5.10 Å². The molecule has 6 nitrogen and oxygen atoms in total. The number of hydrogen-bond donors (Lipinski definition) is 1. The molecule has 1 amide bonds. The number of amides is 1. The molecule has 6 heteroatoms. The molecule has 138 valence electrons. The summed E-state index contributed by atoms with van der Waals surface area (Å²) in [7, 11) is 0. The standard InChI is InChI=1S/C20H25N3O3/c1-3-10-23-13-18(14(2)21-23)19(24)22-11-4-5-17(12-22)15-6-8-16(9-7-15)20(25)26/h6-9,13,17H,3-5,10-12H2,1-2H3,(H,25,26)/t17-/m1/s1. The van der Waals surface area contributed by atoms with E-state index in [0.29, 0.717) is 12.1 Å². The molecule has 1 aliphatic rings. The van der Waals surface area contributed by atoms with Gasteiger partial charge in [0.15, 0.2) is 0 Å². The molecule has 1 aromatic carbocycles. The van der Waals surface area contributed by atoms with Crippen LogP contribution in [0.25, 0.3) is 0 Å². The van der Waals surface area contributed by atoms with Crippen LogP contribution in [0.5, 0.6) is 0 Å². The lowest BCUT2D eigenvalue weighted by Crippen LogP contribution is -2.39. The van der Waals surface area contributed by atoms with Crippen molar-refractivity contribution in [1.29, 1.82) is 0 Å². The van der Waals surface area contributed by atoms with Gasteiger partial charge in [-0.3, -0.25) is 9.48 Å². The first-order valence-electron chi connectivity index (χ1n) is 9.16. The summed E-state index contributed by atoms with van der Waals surface area (Å²) in [5.74, 6) is -0.644. The third-order valence-corrected chi connectivity index (χ3v) is 4.97. The lowest BCUT2D eigenvalue weighted by Gasteiger charge is -2.33. The van der Waals surface area contributed by atoms with E-state index < -0.39 is 5.97 Å². The van der Waals surface area contributed by atoms with Crippen LogP contribution in [0.4, 0.5) is 0 Å². The predicted octanol–water partition coefficient (Wildman–Crippen LogP) is 3.32. The average Bonchev–Trinajstić information content (AvgIpc) is 3.02. The van der Waals surface area contributed by atoms with E-state index >= 15 is 0 Å². The van der Waals surface area contributed by atoms with Gasteiger partial charge in [0.2, 0.25) is 0 Å². The van der Waals surface area contributed by atoms with Crippen molar-refractivity contribution in [1.82, 2.24) is 14.7 Å². The highest BCUT2D eigenvalue weighted by atomic mass is 16.4. The molecule has 1 aromatic heterocycles. The third-order valence-electron chi connectivity index (χ3n) is 4.97. The predicted molar refractivity (Wildman–Crippen MR) is 98.5 cm³/mol. The Morgan fingerprint density at radius 1 is 1.27 bits per heavy atom. The van der Waals surface area contributed by atoms with Crippen LogP contribution in [0, 0.1) is 6.92 Å². The van der Waals surface area contributed by atoms with E-state index in [9.17, 15) is 9.59 Å². The topological polar surface area (TPSA) is 75.4 Å². The summed E-state index contributed by atoms with van der Waals surface area (Å²) < 4.78 is 1.84. The Balaban J connectivity index is 1.73. The maximum absolute atomic E-state index is 13.0. The molecule has 0 spiro atoms. The molecule has 2 aromatic rings. The fourth-order valence-electron chi connectivity index (χ4n) is 3.57. The van der Waals surface area contributed by atoms with Crippen LogP contribution in [0.3, 0.4) is 0 Å². The van der Waals surface area contributed by atoms with Crippen molar-refractivity contribution in [3.05, 3.63) is 52.8 Å². The molecule has 26 heavy (non-hydrogen) atoms. The number of carbonyl (C=O) groups is 2. The molecule has 0 aliphatic carbocycles. The molecule has 1 N–H and O–H groups in total. The zero-order valence-electron chi connectivity index (χ0n) is 15.3. The van der Waals surface area contributed by atoms with Crippen molar-refractivity contribution in [3.8, 4) is 0 Å². The molecule has 2 heterocycles. The first kappa shape index (κ1) is 18.2. The second-order valence-electron chi connectivity index (χ2n) is 6.91. The fraction of sp³-hybridized carbons (Fsp3) is 0.450. The zero-order valence-corrected chi connectivity index (χ0v) is 15.3. The number of piperidine rings is 1. The van der Waals surface area contributed by atoms with Crippen LogP contribution in [0.15, 0.2) is 30.5 Å². The molecular weight excluding hydrogens is 330 g/mol. The molecule has 1 atom stereocenters. The van der Waals surface area contributed by atoms with E-state index in [1.807, 2.05) is 34.8 Å². The Hall–Kier alpha value is -2.63. The number of benzene rings is 1. The van der Waals surface area contributed by atoms with Gasteiger partial charge in [-0.15, -0.1) is 0 Å². The van der Waals surface area contributed by atoms with Gasteiger partial charge < -0.3 is 10.0 Å². The number of aromatic carboxylic acids is 1. The van der Waals surface area contributed by atoms with E-state index in [2.05, 4.69) is 12.0 Å². The fourth-order valence-corrected chi connectivity index (χ4v) is 3.57. The lowest BCUT2D eigenvalue weighted by atomic mass is 9.90. The molecule has 0 unspecified atom stereocenters. The highest BCUT2D eigenvalue weighted by Crippen LogP contribution is 2.28. The van der Waals surface area contributed by atoms with E-state index in [-0.39, 0.29) is 17.4 Å². The first-order chi connectivity index (χ1) is 12.5. The molecule has 1 saturated heterocycles. The van der Waals surface area contributed by atoms with Gasteiger partial charge in [-0.05, 0) is 43.9 Å². The summed E-state index contributed by atoms with van der Waals surface area (Å²) in [6.45, 7) is 6.19. The highest BCUT2D eigenvalue weighted by Gasteiger charge is 2.27. The summed E-state index contributed by atoms with van der Waals surface area (Å²) in [5, 5.41) is 13.5. The highest BCUT2D eigenvalue weighted by molar-refractivity contribution is 5.95. The van der Waals surface area contributed by atoms with Crippen molar-refractivity contribution in [2.24, 2.45) is 0 Å². The number of carboxylic acid groups (broad SMARTS) is 1. The summed E-state index contributed by atoms with van der Waals surface area (Å²) in [4.78, 5) is 25.9. The molecule has 3 rings (SSSR count). The molecular formula is C20H25N3O3. The monoisotopic (exact) mass is 355 g/mol. The van der Waals surface area contributed by atoms with Crippen LogP contribution in [0.1, 0.15) is 64.1 Å². The number of likely N-dealkylation sites (tertiary alicyclic amines) is 1. The minimum Gasteiger partial charge on any atom is -0.478 e. The number of carboxylic acids is 1. The Labute approximate surface area is 153 Å². The van der Waals surface area contributed by atoms with Crippen LogP contribution in [-0.4, -0.2) is 44.8 Å². The second-order valence-corrected chi connectivity index (χ2v) is 6.91. The maximum Gasteiger partial charge on any atom is 0.335 e. The Morgan fingerprint density at radius 2 is 2.00 bits per heavy atom. The summed E-state index contributed by atoms with van der Waals surface area (Å²) in [5.41, 5.74) is 2.83. The second kappa shape index (κ2) is 7.72. The maximum atomic E-state index is 13.0. The van der Waals surface area contributed by atoms with Crippen LogP contribution in [0.2, 0.25) is 0 Å². The van der Waals surface area contributed by atoms with Gasteiger partial charge in [0.25, 0.3) is 5.91 Å². The number of hydrogen-bond acceptors (Lipinski definition) is 3. The van der Waals surface area contributed by atoms with Gasteiger partial charge in [0.1, 0.15) is 0 Å². The Morgan fingerprint density at radius 3 is 2.65 bits per heavy atom. The number of rotatable bonds is 5. The summed E-state index contributed by atoms with van der Waals surface area (Å²) in [6, 6.07) is 7.01.